The Labute approximate surface area is 212 Å². The van der Waals surface area contributed by atoms with Gasteiger partial charge >= 0.3 is 0 Å². The van der Waals surface area contributed by atoms with Gasteiger partial charge in [-0.3, -0.25) is 0 Å². The van der Waals surface area contributed by atoms with Crippen LogP contribution < -0.4 is 0 Å². The molecule has 0 unspecified atom stereocenters. The SMILES string of the molecule is Cc1ccc(S(=O)(=O)N(C)C[C@@H](O)Cn2c3ccc(Br)cc3c3cc(Br)cc(Br)c32)cc1. The van der Waals surface area contributed by atoms with Gasteiger partial charge in [-0.2, -0.15) is 4.31 Å². The highest BCUT2D eigenvalue weighted by Crippen LogP contribution is 2.37. The van der Waals surface area contributed by atoms with Gasteiger partial charge in [0.2, 0.25) is 10.0 Å². The molecule has 0 saturated carbocycles. The molecule has 0 saturated heterocycles. The van der Waals surface area contributed by atoms with Crippen molar-refractivity contribution in [2.45, 2.75) is 24.5 Å². The Morgan fingerprint density at radius 2 is 1.62 bits per heavy atom. The van der Waals surface area contributed by atoms with Gasteiger partial charge in [0, 0.05) is 43.3 Å². The highest BCUT2D eigenvalue weighted by Gasteiger charge is 2.24. The topological polar surface area (TPSA) is 62.5 Å². The molecule has 4 aromatic rings. The lowest BCUT2D eigenvalue weighted by atomic mass is 10.2. The predicted molar refractivity (Wildman–Crippen MR) is 140 cm³/mol. The lowest BCUT2D eigenvalue weighted by molar-refractivity contribution is 0.136. The Morgan fingerprint density at radius 3 is 2.31 bits per heavy atom. The van der Waals surface area contributed by atoms with Gasteiger partial charge in [0.25, 0.3) is 0 Å². The number of aryl methyl sites for hydroxylation is 1. The molecule has 5 nitrogen and oxygen atoms in total. The molecule has 0 amide bonds. The molecule has 9 heteroatoms. The van der Waals surface area contributed by atoms with Crippen LogP contribution in [0.3, 0.4) is 0 Å². The molecule has 1 heterocycles. The first-order valence-electron chi connectivity index (χ1n) is 9.85. The number of halogens is 3. The van der Waals surface area contributed by atoms with Gasteiger partial charge in [-0.1, -0.05) is 49.6 Å². The van der Waals surface area contributed by atoms with Gasteiger partial charge in [-0.05, 0) is 65.3 Å². The number of benzene rings is 3. The number of aliphatic hydroxyl groups is 1. The summed E-state index contributed by atoms with van der Waals surface area (Å²) in [6.45, 7) is 2.13. The second-order valence-corrected chi connectivity index (χ2v) is 12.5. The number of rotatable bonds is 6. The number of aliphatic hydroxyl groups excluding tert-OH is 1. The number of nitrogens with zero attached hydrogens (tertiary/aromatic N) is 2. The van der Waals surface area contributed by atoms with Crippen LogP contribution in [0, 0.1) is 6.92 Å². The van der Waals surface area contributed by atoms with Gasteiger partial charge in [-0.25, -0.2) is 8.42 Å². The molecule has 1 aromatic heterocycles. The lowest BCUT2D eigenvalue weighted by Gasteiger charge is -2.22. The fraction of sp³-hybridized carbons (Fsp3) is 0.217. The van der Waals surface area contributed by atoms with Gasteiger partial charge in [0.05, 0.1) is 23.1 Å². The minimum absolute atomic E-state index is 0.0257. The lowest BCUT2D eigenvalue weighted by Crippen LogP contribution is -2.36. The summed E-state index contributed by atoms with van der Waals surface area (Å²) in [6, 6.07) is 16.7. The highest BCUT2D eigenvalue weighted by molar-refractivity contribution is 9.11. The molecule has 1 atom stereocenters. The monoisotopic (exact) mass is 642 g/mol. The van der Waals surface area contributed by atoms with E-state index in [0.29, 0.717) is 0 Å². The van der Waals surface area contributed by atoms with Gasteiger partial charge < -0.3 is 9.67 Å². The van der Waals surface area contributed by atoms with Gasteiger partial charge in [0.1, 0.15) is 0 Å². The van der Waals surface area contributed by atoms with E-state index in [4.69, 9.17) is 0 Å². The van der Waals surface area contributed by atoms with Crippen molar-refractivity contribution < 1.29 is 13.5 Å². The standard InChI is InChI=1S/C23H21Br3N2O3S/c1-14-3-6-18(7-4-14)32(30,31)27(2)12-17(29)13-28-22-8-5-15(24)9-19(22)20-10-16(25)11-21(26)23(20)28/h3-11,17,29H,12-13H2,1-2H3/t17-/m1/s1. The van der Waals surface area contributed by atoms with Crippen molar-refractivity contribution >= 4 is 79.6 Å². The van der Waals surface area contributed by atoms with Crippen molar-refractivity contribution in [1.29, 1.82) is 0 Å². The molecule has 0 bridgehead atoms. The third kappa shape index (κ3) is 4.56. The Balaban J connectivity index is 1.68. The summed E-state index contributed by atoms with van der Waals surface area (Å²) in [5.74, 6) is 0. The number of likely N-dealkylation sites (N-methyl/N-ethyl adjacent to an activating group) is 1. The third-order valence-corrected chi connectivity index (χ3v) is 8.82. The van der Waals surface area contributed by atoms with Gasteiger partial charge in [0.15, 0.2) is 0 Å². The van der Waals surface area contributed by atoms with E-state index in [2.05, 4.69) is 47.8 Å². The summed E-state index contributed by atoms with van der Waals surface area (Å²) >= 11 is 10.7. The van der Waals surface area contributed by atoms with Crippen LogP contribution in [-0.4, -0.2) is 42.1 Å². The first-order chi connectivity index (χ1) is 15.1. The van der Waals surface area contributed by atoms with Crippen LogP contribution in [0.2, 0.25) is 0 Å². The second kappa shape index (κ2) is 9.19. The quantitative estimate of drug-likeness (QED) is 0.277. The summed E-state index contributed by atoms with van der Waals surface area (Å²) in [4.78, 5) is 0.215. The predicted octanol–water partition coefficient (Wildman–Crippen LogP) is 6.07. The van der Waals surface area contributed by atoms with E-state index < -0.39 is 16.1 Å². The molecular weight excluding hydrogens is 624 g/mol. The fourth-order valence-electron chi connectivity index (χ4n) is 3.87. The number of sulfonamides is 1. The van der Waals surface area contributed by atoms with Crippen LogP contribution in [0.4, 0.5) is 0 Å². The van der Waals surface area contributed by atoms with E-state index in [0.717, 1.165) is 40.8 Å². The van der Waals surface area contributed by atoms with Gasteiger partial charge in [-0.15, -0.1) is 0 Å². The summed E-state index contributed by atoms with van der Waals surface area (Å²) in [6.07, 6.45) is -0.904. The zero-order chi connectivity index (χ0) is 23.2. The maximum atomic E-state index is 12.9. The zero-order valence-corrected chi connectivity index (χ0v) is 23.0. The van der Waals surface area contributed by atoms with Crippen molar-refractivity contribution in [3.8, 4) is 0 Å². The molecular formula is C23H21Br3N2O3S. The van der Waals surface area contributed by atoms with Crippen molar-refractivity contribution in [2.75, 3.05) is 13.6 Å². The first-order valence-corrected chi connectivity index (χ1v) is 13.7. The van der Waals surface area contributed by atoms with Crippen molar-refractivity contribution in [3.63, 3.8) is 0 Å². The van der Waals surface area contributed by atoms with Crippen LogP contribution in [-0.2, 0) is 16.6 Å². The van der Waals surface area contributed by atoms with E-state index in [-0.39, 0.29) is 18.0 Å². The van der Waals surface area contributed by atoms with E-state index >= 15 is 0 Å². The van der Waals surface area contributed by atoms with Crippen LogP contribution in [0.25, 0.3) is 21.8 Å². The minimum atomic E-state index is -3.69. The Bertz CT molecular complexity index is 1420. The average Bonchev–Trinajstić information content (AvgIpc) is 3.01. The molecule has 32 heavy (non-hydrogen) atoms. The maximum Gasteiger partial charge on any atom is 0.242 e. The van der Waals surface area contributed by atoms with E-state index in [1.807, 2.05) is 41.8 Å². The third-order valence-electron chi connectivity index (χ3n) is 5.43. The number of aromatic nitrogens is 1. The van der Waals surface area contributed by atoms with Crippen LogP contribution >= 0.6 is 47.8 Å². The molecule has 4 rings (SSSR count). The Morgan fingerprint density at radius 1 is 0.969 bits per heavy atom. The maximum absolute atomic E-state index is 12.9. The van der Waals surface area contributed by atoms with E-state index in [1.165, 1.54) is 11.4 Å². The normalized spacial score (nSPS) is 13.3. The van der Waals surface area contributed by atoms with Crippen molar-refractivity contribution in [2.24, 2.45) is 0 Å². The van der Waals surface area contributed by atoms with Crippen LogP contribution in [0.1, 0.15) is 5.56 Å². The number of hydrogen-bond acceptors (Lipinski definition) is 3. The molecule has 0 spiro atoms. The second-order valence-electron chi connectivity index (χ2n) is 7.81. The smallest absolute Gasteiger partial charge is 0.242 e. The largest absolute Gasteiger partial charge is 0.390 e. The molecule has 1 N–H and O–H groups in total. The summed E-state index contributed by atoms with van der Waals surface area (Å²) in [5.41, 5.74) is 2.90. The summed E-state index contributed by atoms with van der Waals surface area (Å²) in [5, 5.41) is 13.0. The van der Waals surface area contributed by atoms with Crippen molar-refractivity contribution in [1.82, 2.24) is 8.87 Å². The molecule has 0 fully saturated rings. The van der Waals surface area contributed by atoms with Crippen LogP contribution in [0.15, 0.2) is 72.9 Å². The Kier molecular flexibility index (Phi) is 6.87. The van der Waals surface area contributed by atoms with E-state index in [9.17, 15) is 13.5 Å². The van der Waals surface area contributed by atoms with Crippen molar-refractivity contribution in [3.05, 3.63) is 73.6 Å². The molecule has 0 aliphatic rings. The first kappa shape index (κ1) is 23.9. The Hall–Kier alpha value is -1.23. The van der Waals surface area contributed by atoms with Crippen LogP contribution in [0.5, 0.6) is 0 Å². The molecule has 0 radical (unpaired) electrons. The zero-order valence-electron chi connectivity index (χ0n) is 17.4. The summed E-state index contributed by atoms with van der Waals surface area (Å²) < 4.78 is 31.9. The molecule has 0 aliphatic carbocycles. The minimum Gasteiger partial charge on any atom is -0.390 e. The molecule has 3 aromatic carbocycles. The summed E-state index contributed by atoms with van der Waals surface area (Å²) in [7, 11) is -2.20. The highest BCUT2D eigenvalue weighted by atomic mass is 79.9. The molecule has 0 aliphatic heterocycles. The number of fused-ring (bicyclic) bond motifs is 3. The fourth-order valence-corrected chi connectivity index (χ4v) is 6.88. The molecule has 168 valence electrons. The average molecular weight is 645 g/mol. The van der Waals surface area contributed by atoms with E-state index in [1.54, 1.807) is 24.3 Å². The number of hydrogen-bond donors (Lipinski definition) is 1.